The molecule has 394 valence electrons. The molecule has 2 aliphatic carbocycles. The summed E-state index contributed by atoms with van der Waals surface area (Å²) in [6, 6.07) is 20.4. The van der Waals surface area contributed by atoms with E-state index in [9.17, 15) is 5.11 Å². The maximum absolute atomic E-state index is 9.79. The average molecular weight is 1090 g/mol. The Morgan fingerprint density at radius 2 is 1.09 bits per heavy atom. The number of ether oxygens (including phenoxy) is 3. The third kappa shape index (κ3) is 16.5. The van der Waals surface area contributed by atoms with Crippen LogP contribution in [0.3, 0.4) is 0 Å². The highest BCUT2D eigenvalue weighted by Crippen LogP contribution is 2.40. The van der Waals surface area contributed by atoms with Crippen molar-refractivity contribution in [2.24, 2.45) is 0 Å². The number of hydrogen-bond acceptors (Lipinski definition) is 20. The monoisotopic (exact) mass is 1090 g/mol. The molecule has 18 nitrogen and oxygen atoms in total. The highest BCUT2D eigenvalue weighted by atomic mass is 32.1. The van der Waals surface area contributed by atoms with Crippen LogP contribution >= 0.6 is 22.7 Å². The lowest BCUT2D eigenvalue weighted by Crippen LogP contribution is -2.29. The van der Waals surface area contributed by atoms with Gasteiger partial charge in [-0.15, -0.1) is 20.4 Å². The third-order valence-electron chi connectivity index (χ3n) is 12.6. The van der Waals surface area contributed by atoms with E-state index in [1.54, 1.807) is 65.7 Å². The smallest absolute Gasteiger partial charge is 0.490 e. The van der Waals surface area contributed by atoms with Crippen molar-refractivity contribution >= 4 is 95.4 Å². The topological polar surface area (TPSA) is 224 Å². The second-order valence-corrected chi connectivity index (χ2v) is 34.3. The van der Waals surface area contributed by atoms with E-state index in [-0.39, 0.29) is 5.75 Å². The van der Waals surface area contributed by atoms with Crippen LogP contribution in [0.2, 0.25) is 51.4 Å². The molecule has 10 rings (SSSR count). The summed E-state index contributed by atoms with van der Waals surface area (Å²) < 4.78 is 18.1. The fourth-order valence-corrected chi connectivity index (χ4v) is 11.8. The number of anilines is 4. The number of pyridine rings is 6. The standard InChI is InChI=1S/C26H32N6O2SSi.C21H29N5O2SSi.C5H6BNO2/c1-36(2,3)14-13-33-18-32(26-31-30-25(35-26)19-7-4-5-8-19)24-11-10-22-23(29-24)15-21(17-28-22)34-20-9-6-12-27-16-20;1-30(2,3)11-10-28-14-26(21-25-24-20(29-21)15-6-4-5-7-15)19-9-8-17-18(23-19)12-16(27)13-22-17;8-6(9)5-2-1-3-7-4-5/h6,9-12,15-17,19H,4-5,7-8,13-14,18H2,1-3H3;8-9,12-13,15,27H,4-7,10-11,14H2,1-3H3;1-4,8-9H. The van der Waals surface area contributed by atoms with E-state index in [0.29, 0.717) is 47.8 Å². The Hall–Kier alpha value is -5.92. The van der Waals surface area contributed by atoms with Crippen LogP contribution in [0.1, 0.15) is 73.2 Å². The molecule has 0 aromatic carbocycles. The first-order valence-corrected chi connectivity index (χ1v) is 34.6. The van der Waals surface area contributed by atoms with Gasteiger partial charge >= 0.3 is 7.12 Å². The summed E-state index contributed by atoms with van der Waals surface area (Å²) in [5.41, 5.74) is 3.32. The zero-order chi connectivity index (χ0) is 52.8. The molecule has 3 N–H and O–H groups in total. The SMILES string of the molecule is C[Si](C)(C)CCOCN(c1ccc2ncc(O)cc2n1)c1nnc(C2CCCC2)s1.C[Si](C)(C)CCOCN(c1ccc2ncc(Oc3cccnc3)cc2n1)c1nnc(C2CCCC2)s1.OB(O)c1cccnc1. The first kappa shape index (κ1) is 55.3. The molecule has 2 fully saturated rings. The van der Waals surface area contributed by atoms with E-state index in [1.807, 2.05) is 52.3 Å². The Bertz CT molecular complexity index is 3030. The van der Waals surface area contributed by atoms with Crippen LogP contribution in [0.4, 0.5) is 21.9 Å². The summed E-state index contributed by atoms with van der Waals surface area (Å²) >= 11 is 3.28. The summed E-state index contributed by atoms with van der Waals surface area (Å²) in [7, 11) is -3.76. The minimum Gasteiger partial charge on any atom is -0.506 e. The summed E-state index contributed by atoms with van der Waals surface area (Å²) in [5, 5.41) is 48.8. The molecule has 2 aliphatic rings. The molecule has 23 heteroatoms. The molecule has 0 saturated heterocycles. The highest BCUT2D eigenvalue weighted by Gasteiger charge is 2.26. The maximum Gasteiger partial charge on any atom is 0.490 e. The van der Waals surface area contributed by atoms with Gasteiger partial charge in [-0.1, -0.05) is 93.7 Å². The molecule has 0 aliphatic heterocycles. The largest absolute Gasteiger partial charge is 0.506 e. The van der Waals surface area contributed by atoms with Crippen LogP contribution < -0.4 is 20.0 Å². The van der Waals surface area contributed by atoms with Gasteiger partial charge in [0.2, 0.25) is 10.3 Å². The molecule has 0 spiro atoms. The zero-order valence-corrected chi connectivity index (χ0v) is 47.3. The third-order valence-corrected chi connectivity index (χ3v) is 18.2. The number of aromatic nitrogens is 10. The van der Waals surface area contributed by atoms with Crippen LogP contribution in [0.5, 0.6) is 17.2 Å². The molecule has 0 unspecified atom stereocenters. The van der Waals surface area contributed by atoms with E-state index >= 15 is 0 Å². The minimum absolute atomic E-state index is 0.101. The van der Waals surface area contributed by atoms with Gasteiger partial charge in [0.05, 0.1) is 40.7 Å². The Kier molecular flexibility index (Phi) is 19.3. The molecule has 0 bridgehead atoms. The van der Waals surface area contributed by atoms with E-state index in [0.717, 1.165) is 73.8 Å². The van der Waals surface area contributed by atoms with Gasteiger partial charge in [0.25, 0.3) is 0 Å². The van der Waals surface area contributed by atoms with E-state index in [4.69, 9.17) is 34.2 Å². The maximum atomic E-state index is 9.79. The highest BCUT2D eigenvalue weighted by molar-refractivity contribution is 7.15. The predicted octanol–water partition coefficient (Wildman–Crippen LogP) is 10.8. The lowest BCUT2D eigenvalue weighted by atomic mass is 9.82. The molecule has 8 heterocycles. The van der Waals surface area contributed by atoms with Crippen molar-refractivity contribution in [3.05, 3.63) is 108 Å². The molecule has 0 radical (unpaired) electrons. The van der Waals surface area contributed by atoms with Crippen molar-refractivity contribution in [1.29, 1.82) is 0 Å². The minimum atomic E-state index is -1.40. The first-order chi connectivity index (χ1) is 36.1. The molecule has 8 aromatic rings. The Morgan fingerprint density at radius 3 is 1.56 bits per heavy atom. The second-order valence-electron chi connectivity index (χ2n) is 21.1. The summed E-state index contributed by atoms with van der Waals surface area (Å²) in [6.07, 6.45) is 19.4. The Balaban J connectivity index is 0.000000173. The van der Waals surface area contributed by atoms with E-state index < -0.39 is 23.3 Å². The van der Waals surface area contributed by atoms with Crippen molar-refractivity contribution in [2.45, 2.75) is 115 Å². The quantitative estimate of drug-likeness (QED) is 0.0389. The van der Waals surface area contributed by atoms with Gasteiger partial charge < -0.3 is 29.4 Å². The zero-order valence-electron chi connectivity index (χ0n) is 43.6. The van der Waals surface area contributed by atoms with Gasteiger partial charge in [-0.05, 0) is 80.2 Å². The Morgan fingerprint density at radius 1 is 0.587 bits per heavy atom. The molecule has 2 saturated carbocycles. The normalized spacial score (nSPS) is 14.1. The first-order valence-electron chi connectivity index (χ1n) is 25.6. The van der Waals surface area contributed by atoms with Gasteiger partial charge in [0.1, 0.15) is 52.4 Å². The second kappa shape index (κ2) is 26.2. The van der Waals surface area contributed by atoms with Gasteiger partial charge in [-0.25, -0.2) is 9.97 Å². The molecule has 75 heavy (non-hydrogen) atoms. The van der Waals surface area contributed by atoms with Crippen molar-refractivity contribution in [2.75, 3.05) is 36.5 Å². The van der Waals surface area contributed by atoms with Crippen LogP contribution in [-0.4, -0.2) is 115 Å². The fourth-order valence-electron chi connectivity index (χ4n) is 8.24. The summed E-state index contributed by atoms with van der Waals surface area (Å²) in [6.45, 7) is 16.3. The number of rotatable bonds is 19. The molecule has 0 amide bonds. The van der Waals surface area contributed by atoms with Crippen LogP contribution in [0.25, 0.3) is 22.1 Å². The van der Waals surface area contributed by atoms with Gasteiger partial charge in [-0.3, -0.25) is 29.7 Å². The predicted molar refractivity (Wildman–Crippen MR) is 304 cm³/mol. The average Bonchev–Trinajstić information content (AvgIpc) is 4.26. The number of aromatic hydroxyl groups is 1. The number of nitrogens with zero attached hydrogens (tertiary/aromatic N) is 12. The molecular formula is C52H67BN12O6S2Si2. The van der Waals surface area contributed by atoms with Crippen molar-refractivity contribution in [3.63, 3.8) is 0 Å². The van der Waals surface area contributed by atoms with Crippen LogP contribution in [0.15, 0.2) is 97.8 Å². The van der Waals surface area contributed by atoms with Crippen molar-refractivity contribution in [3.8, 4) is 17.2 Å². The lowest BCUT2D eigenvalue weighted by molar-refractivity contribution is 0.153. The van der Waals surface area contributed by atoms with Crippen LogP contribution in [-0.2, 0) is 9.47 Å². The lowest BCUT2D eigenvalue weighted by Gasteiger charge is -2.22. The van der Waals surface area contributed by atoms with Crippen molar-refractivity contribution < 1.29 is 29.4 Å². The van der Waals surface area contributed by atoms with Gasteiger partial charge in [0.15, 0.2) is 0 Å². The number of fused-ring (bicyclic) bond motifs is 2. The van der Waals surface area contributed by atoms with Gasteiger partial charge in [-0.2, -0.15) is 0 Å². The summed E-state index contributed by atoms with van der Waals surface area (Å²) in [4.78, 5) is 30.2. The van der Waals surface area contributed by atoms with Crippen molar-refractivity contribution in [1.82, 2.24) is 50.3 Å². The van der Waals surface area contributed by atoms with Crippen LogP contribution in [0, 0.1) is 0 Å². The van der Waals surface area contributed by atoms with Gasteiger partial charge in [0, 0.05) is 77.4 Å². The fraction of sp³-hybridized carbons (Fsp3) is 0.423. The van der Waals surface area contributed by atoms with E-state index in [2.05, 4.69) is 79.6 Å². The van der Waals surface area contributed by atoms with E-state index in [1.165, 1.54) is 63.8 Å². The summed E-state index contributed by atoms with van der Waals surface area (Å²) in [5.74, 6) is 3.88. The molecular weight excluding hydrogens is 1020 g/mol. The molecule has 8 aromatic heterocycles. The molecule has 0 atom stereocenters. The number of hydrogen-bond donors (Lipinski definition) is 3. The Labute approximate surface area is 448 Å².